The lowest BCUT2D eigenvalue weighted by molar-refractivity contribution is 0.217. The highest BCUT2D eigenvalue weighted by molar-refractivity contribution is 5.76. The molecule has 1 aliphatic rings. The summed E-state index contributed by atoms with van der Waals surface area (Å²) in [6, 6.07) is 0.0638. The van der Waals surface area contributed by atoms with Crippen LogP contribution in [-0.4, -0.2) is 70.3 Å². The fraction of sp³-hybridized carbons (Fsp3) is 0.900. The molecule has 0 aliphatic carbocycles. The van der Waals surface area contributed by atoms with Gasteiger partial charge >= 0.3 is 6.03 Å². The van der Waals surface area contributed by atoms with Crippen molar-refractivity contribution in [3.63, 3.8) is 0 Å². The van der Waals surface area contributed by atoms with Gasteiger partial charge in [0.05, 0.1) is 0 Å². The van der Waals surface area contributed by atoms with E-state index in [1.54, 1.807) is 0 Å². The van der Waals surface area contributed by atoms with Crippen molar-refractivity contribution >= 4 is 6.03 Å². The van der Waals surface area contributed by atoms with Crippen LogP contribution in [0.4, 0.5) is 4.79 Å². The van der Waals surface area contributed by atoms with Crippen molar-refractivity contribution in [3.05, 3.63) is 0 Å². The van der Waals surface area contributed by atoms with Crippen LogP contribution >= 0.6 is 0 Å². The molecule has 0 bridgehead atoms. The standard InChI is InChI=1S/C10H23N5O/c1-11-2-3-12-4-5-13-6-8-15-9-7-14-10(15)16/h11-13H,2-9H2,1H3,(H,14,16). The summed E-state index contributed by atoms with van der Waals surface area (Å²) in [5.41, 5.74) is 0. The Morgan fingerprint density at radius 1 is 1.19 bits per heavy atom. The highest BCUT2D eigenvalue weighted by Gasteiger charge is 2.17. The number of carbonyl (C=O) groups is 1. The minimum Gasteiger partial charge on any atom is -0.336 e. The Balaban J connectivity index is 1.83. The quantitative estimate of drug-likeness (QED) is 0.360. The first-order chi connectivity index (χ1) is 7.84. The van der Waals surface area contributed by atoms with Crippen molar-refractivity contribution in [3.8, 4) is 0 Å². The van der Waals surface area contributed by atoms with Crippen molar-refractivity contribution in [2.24, 2.45) is 0 Å². The van der Waals surface area contributed by atoms with Crippen LogP contribution in [0.3, 0.4) is 0 Å². The topological polar surface area (TPSA) is 68.4 Å². The van der Waals surface area contributed by atoms with Crippen LogP contribution in [0, 0.1) is 0 Å². The minimum atomic E-state index is 0.0638. The summed E-state index contributed by atoms with van der Waals surface area (Å²) < 4.78 is 0. The fourth-order valence-corrected chi connectivity index (χ4v) is 1.58. The summed E-state index contributed by atoms with van der Waals surface area (Å²) in [5.74, 6) is 0. The number of urea groups is 1. The Kier molecular flexibility index (Phi) is 6.87. The Morgan fingerprint density at radius 3 is 2.50 bits per heavy atom. The zero-order chi connectivity index (χ0) is 11.6. The number of likely N-dealkylation sites (N-methyl/N-ethyl adjacent to an activating group) is 1. The van der Waals surface area contributed by atoms with Gasteiger partial charge in [0.15, 0.2) is 0 Å². The highest BCUT2D eigenvalue weighted by atomic mass is 16.2. The van der Waals surface area contributed by atoms with E-state index in [1.165, 1.54) is 0 Å². The van der Waals surface area contributed by atoms with Crippen LogP contribution < -0.4 is 21.3 Å². The molecule has 0 unspecified atom stereocenters. The third-order valence-electron chi connectivity index (χ3n) is 2.53. The Morgan fingerprint density at radius 2 is 1.88 bits per heavy atom. The zero-order valence-electron chi connectivity index (χ0n) is 10.0. The average molecular weight is 229 g/mol. The highest BCUT2D eigenvalue weighted by Crippen LogP contribution is 1.93. The second-order valence-corrected chi connectivity index (χ2v) is 3.82. The lowest BCUT2D eigenvalue weighted by Crippen LogP contribution is -2.37. The molecule has 6 nitrogen and oxygen atoms in total. The van der Waals surface area contributed by atoms with Gasteiger partial charge in [-0.25, -0.2) is 4.79 Å². The van der Waals surface area contributed by atoms with Gasteiger partial charge in [0.1, 0.15) is 0 Å². The summed E-state index contributed by atoms with van der Waals surface area (Å²) in [6.07, 6.45) is 0. The molecular formula is C10H23N5O. The van der Waals surface area contributed by atoms with Crippen LogP contribution in [0.25, 0.3) is 0 Å². The van der Waals surface area contributed by atoms with E-state index in [4.69, 9.17) is 0 Å². The number of hydrogen-bond acceptors (Lipinski definition) is 4. The number of rotatable bonds is 9. The summed E-state index contributed by atoms with van der Waals surface area (Å²) in [6.45, 7) is 7.17. The van der Waals surface area contributed by atoms with Gasteiger partial charge in [-0.1, -0.05) is 0 Å². The molecule has 16 heavy (non-hydrogen) atoms. The molecule has 4 N–H and O–H groups in total. The lowest BCUT2D eigenvalue weighted by atomic mass is 10.5. The van der Waals surface area contributed by atoms with Crippen molar-refractivity contribution in [2.45, 2.75) is 0 Å². The van der Waals surface area contributed by atoms with Crippen molar-refractivity contribution in [2.75, 3.05) is 59.4 Å². The molecule has 0 aromatic carbocycles. The third-order valence-corrected chi connectivity index (χ3v) is 2.53. The normalized spacial score (nSPS) is 15.6. The van der Waals surface area contributed by atoms with Gasteiger partial charge in [0.2, 0.25) is 0 Å². The smallest absolute Gasteiger partial charge is 0.317 e. The van der Waals surface area contributed by atoms with Crippen molar-refractivity contribution in [1.29, 1.82) is 0 Å². The molecule has 1 fully saturated rings. The Hall–Kier alpha value is -0.850. The van der Waals surface area contributed by atoms with Crippen LogP contribution in [0.2, 0.25) is 0 Å². The number of nitrogens with zero attached hydrogens (tertiary/aromatic N) is 1. The van der Waals surface area contributed by atoms with E-state index < -0.39 is 0 Å². The van der Waals surface area contributed by atoms with Crippen LogP contribution in [-0.2, 0) is 0 Å². The molecule has 1 aliphatic heterocycles. The maximum Gasteiger partial charge on any atom is 0.317 e. The van der Waals surface area contributed by atoms with E-state index in [9.17, 15) is 4.79 Å². The van der Waals surface area contributed by atoms with Crippen LogP contribution in [0.1, 0.15) is 0 Å². The van der Waals surface area contributed by atoms with Gasteiger partial charge in [0, 0.05) is 52.4 Å². The molecule has 0 aromatic rings. The first kappa shape index (κ1) is 13.2. The summed E-state index contributed by atoms with van der Waals surface area (Å²) in [4.78, 5) is 13.0. The van der Waals surface area contributed by atoms with E-state index in [0.29, 0.717) is 0 Å². The molecule has 0 radical (unpaired) electrons. The molecule has 1 heterocycles. The first-order valence-corrected chi connectivity index (χ1v) is 5.93. The molecule has 1 saturated heterocycles. The molecule has 1 rings (SSSR count). The number of amides is 2. The molecule has 0 saturated carbocycles. The Labute approximate surface area is 97.1 Å². The number of hydrogen-bond donors (Lipinski definition) is 4. The Bertz CT molecular complexity index is 200. The second kappa shape index (κ2) is 8.32. The SMILES string of the molecule is CNCCNCCNCCN1CCNC1=O. The van der Waals surface area contributed by atoms with E-state index in [-0.39, 0.29) is 6.03 Å². The van der Waals surface area contributed by atoms with Gasteiger partial charge in [-0.05, 0) is 7.05 Å². The third kappa shape index (κ3) is 5.29. The minimum absolute atomic E-state index is 0.0638. The number of carbonyl (C=O) groups excluding carboxylic acids is 1. The molecule has 0 spiro atoms. The molecular weight excluding hydrogens is 206 g/mol. The van der Waals surface area contributed by atoms with Gasteiger partial charge in [0.25, 0.3) is 0 Å². The molecule has 6 heteroatoms. The van der Waals surface area contributed by atoms with Gasteiger partial charge < -0.3 is 26.2 Å². The van der Waals surface area contributed by atoms with E-state index >= 15 is 0 Å². The molecule has 0 atom stereocenters. The summed E-state index contributed by atoms with van der Waals surface area (Å²) in [7, 11) is 1.95. The van der Waals surface area contributed by atoms with Crippen molar-refractivity contribution < 1.29 is 4.79 Å². The van der Waals surface area contributed by atoms with E-state index in [1.807, 2.05) is 11.9 Å². The number of nitrogens with one attached hydrogen (secondary N) is 4. The predicted molar refractivity (Wildman–Crippen MR) is 64.6 cm³/mol. The van der Waals surface area contributed by atoms with Crippen LogP contribution in [0.5, 0.6) is 0 Å². The van der Waals surface area contributed by atoms with Gasteiger partial charge in [-0.2, -0.15) is 0 Å². The largest absolute Gasteiger partial charge is 0.336 e. The summed E-state index contributed by atoms with van der Waals surface area (Å²) >= 11 is 0. The fourth-order valence-electron chi connectivity index (χ4n) is 1.58. The van der Waals surface area contributed by atoms with E-state index in [2.05, 4.69) is 21.3 Å². The van der Waals surface area contributed by atoms with E-state index in [0.717, 1.165) is 52.4 Å². The monoisotopic (exact) mass is 229 g/mol. The lowest BCUT2D eigenvalue weighted by Gasteiger charge is -2.14. The second-order valence-electron chi connectivity index (χ2n) is 3.82. The zero-order valence-corrected chi connectivity index (χ0v) is 10.0. The first-order valence-electron chi connectivity index (χ1n) is 5.93. The van der Waals surface area contributed by atoms with Crippen LogP contribution in [0.15, 0.2) is 0 Å². The van der Waals surface area contributed by atoms with Gasteiger partial charge in [-0.15, -0.1) is 0 Å². The summed E-state index contributed by atoms with van der Waals surface area (Å²) in [5, 5.41) is 12.5. The van der Waals surface area contributed by atoms with Gasteiger partial charge in [-0.3, -0.25) is 0 Å². The molecule has 94 valence electrons. The molecule has 0 aromatic heterocycles. The predicted octanol–water partition coefficient (Wildman–Crippen LogP) is -1.59. The average Bonchev–Trinajstić information content (AvgIpc) is 2.68. The maximum absolute atomic E-state index is 11.2. The molecule has 2 amide bonds. The maximum atomic E-state index is 11.2. The van der Waals surface area contributed by atoms with Crippen molar-refractivity contribution in [1.82, 2.24) is 26.2 Å².